The minimum absolute atomic E-state index is 0.0469. The van der Waals surface area contributed by atoms with Crippen molar-refractivity contribution < 1.29 is 17.6 Å². The molecule has 1 saturated heterocycles. The molecule has 2 heterocycles. The van der Waals surface area contributed by atoms with Gasteiger partial charge in [-0.1, -0.05) is 11.6 Å². The van der Waals surface area contributed by atoms with Crippen LogP contribution < -0.4 is 5.32 Å². The maximum atomic E-state index is 12.9. The number of amides is 1. The third kappa shape index (κ3) is 4.09. The number of rotatable bonds is 5. The molecule has 0 aliphatic carbocycles. The fraction of sp³-hybridized carbons (Fsp3) is 0.353. The number of benzene rings is 1. The summed E-state index contributed by atoms with van der Waals surface area (Å²) in [6.45, 7) is 2.31. The van der Waals surface area contributed by atoms with Crippen LogP contribution >= 0.6 is 11.6 Å². The minimum atomic E-state index is -3.75. The van der Waals surface area contributed by atoms with Crippen LogP contribution in [-0.4, -0.2) is 56.8 Å². The molecule has 140 valence electrons. The highest BCUT2D eigenvalue weighted by atomic mass is 35.5. The molecule has 7 nitrogen and oxygen atoms in total. The Kier molecular flexibility index (Phi) is 5.67. The van der Waals surface area contributed by atoms with Gasteiger partial charge in [0.15, 0.2) is 0 Å². The molecule has 0 atom stereocenters. The summed E-state index contributed by atoms with van der Waals surface area (Å²) >= 11 is 6.13. The van der Waals surface area contributed by atoms with E-state index in [1.807, 2.05) is 7.05 Å². The molecule has 0 unspecified atom stereocenters. The van der Waals surface area contributed by atoms with Crippen LogP contribution in [0.4, 0.5) is 0 Å². The molecule has 0 spiro atoms. The number of halogens is 1. The number of hydrogen-bond acceptors (Lipinski definition) is 5. The first-order chi connectivity index (χ1) is 12.4. The van der Waals surface area contributed by atoms with Crippen LogP contribution in [-0.2, 0) is 16.6 Å². The number of carbonyl (C=O) groups is 1. The largest absolute Gasteiger partial charge is 0.467 e. The summed E-state index contributed by atoms with van der Waals surface area (Å²) < 4.78 is 32.4. The van der Waals surface area contributed by atoms with E-state index in [1.54, 1.807) is 12.1 Å². The van der Waals surface area contributed by atoms with E-state index in [9.17, 15) is 13.2 Å². The van der Waals surface area contributed by atoms with Gasteiger partial charge in [0.1, 0.15) is 10.7 Å². The molecule has 0 bridgehead atoms. The van der Waals surface area contributed by atoms with E-state index in [0.29, 0.717) is 31.9 Å². The SMILES string of the molecule is CN1CCN(S(=O)(=O)c2cc(C(=O)NCc3ccco3)ccc2Cl)CC1. The van der Waals surface area contributed by atoms with Gasteiger partial charge in [0, 0.05) is 31.7 Å². The van der Waals surface area contributed by atoms with Gasteiger partial charge in [0.05, 0.1) is 17.8 Å². The lowest BCUT2D eigenvalue weighted by Crippen LogP contribution is -2.47. The van der Waals surface area contributed by atoms with Crippen molar-refractivity contribution in [1.29, 1.82) is 0 Å². The zero-order valence-electron chi connectivity index (χ0n) is 14.3. The molecular weight excluding hydrogens is 378 g/mol. The molecule has 3 rings (SSSR count). The van der Waals surface area contributed by atoms with Crippen molar-refractivity contribution >= 4 is 27.5 Å². The minimum Gasteiger partial charge on any atom is -0.467 e. The molecule has 1 aromatic heterocycles. The van der Waals surface area contributed by atoms with E-state index in [0.717, 1.165) is 0 Å². The van der Waals surface area contributed by atoms with Crippen molar-refractivity contribution in [3.8, 4) is 0 Å². The summed E-state index contributed by atoms with van der Waals surface area (Å²) in [6, 6.07) is 7.73. The zero-order chi connectivity index (χ0) is 18.7. The van der Waals surface area contributed by atoms with Gasteiger partial charge in [0.25, 0.3) is 5.91 Å². The molecule has 1 N–H and O–H groups in total. The third-order valence-electron chi connectivity index (χ3n) is 4.28. The zero-order valence-corrected chi connectivity index (χ0v) is 15.9. The van der Waals surface area contributed by atoms with E-state index >= 15 is 0 Å². The maximum Gasteiger partial charge on any atom is 0.251 e. The van der Waals surface area contributed by atoms with E-state index < -0.39 is 15.9 Å². The molecule has 0 saturated carbocycles. The lowest BCUT2D eigenvalue weighted by Gasteiger charge is -2.31. The second kappa shape index (κ2) is 7.79. The van der Waals surface area contributed by atoms with E-state index in [2.05, 4.69) is 10.2 Å². The summed E-state index contributed by atoms with van der Waals surface area (Å²) in [7, 11) is -1.81. The van der Waals surface area contributed by atoms with Gasteiger partial charge in [-0.3, -0.25) is 4.79 Å². The van der Waals surface area contributed by atoms with Crippen molar-refractivity contribution in [1.82, 2.24) is 14.5 Å². The topological polar surface area (TPSA) is 82.9 Å². The summed E-state index contributed by atoms with van der Waals surface area (Å²) in [5.41, 5.74) is 0.230. The van der Waals surface area contributed by atoms with Gasteiger partial charge in [-0.05, 0) is 37.4 Å². The maximum absolute atomic E-state index is 12.9. The number of likely N-dealkylation sites (N-methyl/N-ethyl adjacent to an activating group) is 1. The van der Waals surface area contributed by atoms with Crippen LogP contribution in [0.1, 0.15) is 16.1 Å². The summed E-state index contributed by atoms with van der Waals surface area (Å²) in [5.74, 6) is 0.213. The van der Waals surface area contributed by atoms with Crippen LogP contribution in [0, 0.1) is 0 Å². The van der Waals surface area contributed by atoms with E-state index in [-0.39, 0.29) is 22.0 Å². The Bertz CT molecular complexity index is 875. The van der Waals surface area contributed by atoms with E-state index in [4.69, 9.17) is 16.0 Å². The smallest absolute Gasteiger partial charge is 0.251 e. The summed E-state index contributed by atoms with van der Waals surface area (Å²) in [4.78, 5) is 14.4. The Labute approximate surface area is 157 Å². The molecule has 1 aliphatic rings. The van der Waals surface area contributed by atoms with Crippen LogP contribution in [0.2, 0.25) is 5.02 Å². The summed E-state index contributed by atoms with van der Waals surface area (Å²) in [5, 5.41) is 2.80. The van der Waals surface area contributed by atoms with Gasteiger partial charge in [0.2, 0.25) is 10.0 Å². The second-order valence-corrected chi connectivity index (χ2v) is 8.43. The Balaban J connectivity index is 1.79. The van der Waals surface area contributed by atoms with Gasteiger partial charge >= 0.3 is 0 Å². The van der Waals surface area contributed by atoms with Crippen LogP contribution in [0.3, 0.4) is 0 Å². The monoisotopic (exact) mass is 397 g/mol. The molecule has 1 aliphatic heterocycles. The second-order valence-electron chi connectivity index (χ2n) is 6.11. The fourth-order valence-corrected chi connectivity index (χ4v) is 4.62. The Morgan fingerprint density at radius 1 is 1.23 bits per heavy atom. The van der Waals surface area contributed by atoms with Gasteiger partial charge in [-0.2, -0.15) is 4.31 Å². The number of furan rings is 1. The van der Waals surface area contributed by atoms with Crippen molar-refractivity contribution in [3.63, 3.8) is 0 Å². The van der Waals surface area contributed by atoms with Crippen molar-refractivity contribution in [2.24, 2.45) is 0 Å². The first kappa shape index (κ1) is 18.9. The van der Waals surface area contributed by atoms with Crippen LogP contribution in [0.15, 0.2) is 45.9 Å². The molecular formula is C17H20ClN3O4S. The number of nitrogens with zero attached hydrogens (tertiary/aromatic N) is 2. The standard InChI is InChI=1S/C17H20ClN3O4S/c1-20-6-8-21(9-7-20)26(23,24)16-11-13(4-5-15(16)18)17(22)19-12-14-3-2-10-25-14/h2-5,10-11H,6-9,12H2,1H3,(H,19,22). The van der Waals surface area contributed by atoms with E-state index in [1.165, 1.54) is 28.8 Å². The predicted molar refractivity (Wildman–Crippen MR) is 97.6 cm³/mol. The average molecular weight is 398 g/mol. The van der Waals surface area contributed by atoms with Gasteiger partial charge < -0.3 is 14.6 Å². The number of hydrogen-bond donors (Lipinski definition) is 1. The van der Waals surface area contributed by atoms with Crippen LogP contribution in [0.25, 0.3) is 0 Å². The normalized spacial score (nSPS) is 16.5. The molecule has 0 radical (unpaired) electrons. The highest BCUT2D eigenvalue weighted by molar-refractivity contribution is 7.89. The summed E-state index contributed by atoms with van der Waals surface area (Å²) in [6.07, 6.45) is 1.52. The van der Waals surface area contributed by atoms with Gasteiger partial charge in [-0.25, -0.2) is 8.42 Å². The highest BCUT2D eigenvalue weighted by Gasteiger charge is 2.30. The van der Waals surface area contributed by atoms with Gasteiger partial charge in [-0.15, -0.1) is 0 Å². The Hall–Kier alpha value is -1.87. The number of piperazine rings is 1. The lowest BCUT2D eigenvalue weighted by molar-refractivity contribution is 0.0948. The molecule has 1 fully saturated rings. The molecule has 2 aromatic rings. The average Bonchev–Trinajstić information content (AvgIpc) is 3.14. The molecule has 1 aromatic carbocycles. The number of carbonyl (C=O) groups excluding carboxylic acids is 1. The van der Waals surface area contributed by atoms with Crippen molar-refractivity contribution in [2.45, 2.75) is 11.4 Å². The molecule has 9 heteroatoms. The quantitative estimate of drug-likeness (QED) is 0.831. The highest BCUT2D eigenvalue weighted by Crippen LogP contribution is 2.26. The predicted octanol–water partition coefficient (Wildman–Crippen LogP) is 1.80. The van der Waals surface area contributed by atoms with Crippen LogP contribution in [0.5, 0.6) is 0 Å². The van der Waals surface area contributed by atoms with Crippen molar-refractivity contribution in [2.75, 3.05) is 33.2 Å². The Morgan fingerprint density at radius 3 is 2.62 bits per heavy atom. The first-order valence-electron chi connectivity index (χ1n) is 8.17. The molecule has 1 amide bonds. The Morgan fingerprint density at radius 2 is 1.96 bits per heavy atom. The molecule has 26 heavy (non-hydrogen) atoms. The number of sulfonamides is 1. The van der Waals surface area contributed by atoms with Crippen molar-refractivity contribution in [3.05, 3.63) is 52.9 Å². The lowest BCUT2D eigenvalue weighted by atomic mass is 10.2. The number of nitrogens with one attached hydrogen (secondary N) is 1. The third-order valence-corrected chi connectivity index (χ3v) is 6.66. The fourth-order valence-electron chi connectivity index (χ4n) is 2.69. The first-order valence-corrected chi connectivity index (χ1v) is 9.98.